The molecule has 4 heteroatoms. The molecular formula is C19H21ClN2S. The molecule has 0 atom stereocenters. The van der Waals surface area contributed by atoms with Crippen LogP contribution in [0.5, 0.6) is 0 Å². The van der Waals surface area contributed by atoms with Crippen LogP contribution in [0.1, 0.15) is 16.8 Å². The third kappa shape index (κ3) is 3.27. The Bertz CT molecular complexity index is 839. The lowest BCUT2D eigenvalue weighted by Gasteiger charge is -2.09. The van der Waals surface area contributed by atoms with Gasteiger partial charge in [0.25, 0.3) is 0 Å². The average Bonchev–Trinajstić information content (AvgIpc) is 2.80. The van der Waals surface area contributed by atoms with Crippen LogP contribution in [0.15, 0.2) is 47.4 Å². The van der Waals surface area contributed by atoms with Gasteiger partial charge in [-0.3, -0.25) is 0 Å². The minimum absolute atomic E-state index is 0.667. The Morgan fingerprint density at radius 1 is 1.17 bits per heavy atom. The number of aromatic nitrogens is 1. The van der Waals surface area contributed by atoms with Gasteiger partial charge >= 0.3 is 0 Å². The summed E-state index contributed by atoms with van der Waals surface area (Å²) in [6.45, 7) is 3.68. The van der Waals surface area contributed by atoms with E-state index in [1.54, 1.807) is 11.8 Å². The van der Waals surface area contributed by atoms with Crippen LogP contribution in [0.25, 0.3) is 10.9 Å². The lowest BCUT2D eigenvalue weighted by atomic mass is 10.1. The predicted molar refractivity (Wildman–Crippen MR) is 102 cm³/mol. The van der Waals surface area contributed by atoms with Crippen LogP contribution in [-0.4, -0.2) is 17.4 Å². The number of benzene rings is 2. The molecule has 0 radical (unpaired) electrons. The highest BCUT2D eigenvalue weighted by molar-refractivity contribution is 7.98. The van der Waals surface area contributed by atoms with Crippen molar-refractivity contribution in [3.8, 4) is 0 Å². The van der Waals surface area contributed by atoms with Gasteiger partial charge in [-0.1, -0.05) is 23.7 Å². The van der Waals surface area contributed by atoms with Gasteiger partial charge in [0, 0.05) is 33.1 Å². The molecule has 2 aromatic carbocycles. The Balaban J connectivity index is 2.14. The molecule has 2 N–H and O–H groups in total. The fourth-order valence-electron chi connectivity index (χ4n) is 3.14. The number of thioether (sulfide) groups is 1. The van der Waals surface area contributed by atoms with Crippen molar-refractivity contribution in [2.45, 2.75) is 24.8 Å². The number of hydrogen-bond acceptors (Lipinski definition) is 2. The maximum Gasteiger partial charge on any atom is 0.0489 e. The van der Waals surface area contributed by atoms with E-state index in [0.29, 0.717) is 6.54 Å². The van der Waals surface area contributed by atoms with Gasteiger partial charge < -0.3 is 10.3 Å². The van der Waals surface area contributed by atoms with Crippen molar-refractivity contribution in [2.75, 3.05) is 12.8 Å². The summed E-state index contributed by atoms with van der Waals surface area (Å²) in [5, 5.41) is 2.10. The number of nitrogens with zero attached hydrogens (tertiary/aromatic N) is 1. The number of rotatable bonds is 5. The van der Waals surface area contributed by atoms with Crippen LogP contribution in [0.2, 0.25) is 5.02 Å². The highest BCUT2D eigenvalue weighted by Gasteiger charge is 2.14. The van der Waals surface area contributed by atoms with Crippen molar-refractivity contribution in [3.63, 3.8) is 0 Å². The lowest BCUT2D eigenvalue weighted by Crippen LogP contribution is -2.06. The van der Waals surface area contributed by atoms with Gasteiger partial charge in [0.1, 0.15) is 0 Å². The number of nitrogens with two attached hydrogens (primary N) is 1. The summed E-state index contributed by atoms with van der Waals surface area (Å²) in [5.74, 6) is 0. The first-order chi connectivity index (χ1) is 11.1. The lowest BCUT2D eigenvalue weighted by molar-refractivity contribution is 0.792. The zero-order chi connectivity index (χ0) is 16.4. The largest absolute Gasteiger partial charge is 0.340 e. The smallest absolute Gasteiger partial charge is 0.0489 e. The quantitative estimate of drug-likeness (QED) is 0.669. The van der Waals surface area contributed by atoms with Gasteiger partial charge in [0.2, 0.25) is 0 Å². The summed E-state index contributed by atoms with van der Waals surface area (Å²) >= 11 is 7.91. The van der Waals surface area contributed by atoms with E-state index < -0.39 is 0 Å². The monoisotopic (exact) mass is 344 g/mol. The first-order valence-corrected chi connectivity index (χ1v) is 9.34. The van der Waals surface area contributed by atoms with Crippen molar-refractivity contribution < 1.29 is 0 Å². The van der Waals surface area contributed by atoms with E-state index in [9.17, 15) is 0 Å². The normalized spacial score (nSPS) is 11.3. The maximum absolute atomic E-state index is 6.14. The van der Waals surface area contributed by atoms with Crippen molar-refractivity contribution in [2.24, 2.45) is 5.73 Å². The average molecular weight is 345 g/mol. The summed E-state index contributed by atoms with van der Waals surface area (Å²) < 4.78 is 2.37. The van der Waals surface area contributed by atoms with E-state index in [0.717, 1.165) is 18.0 Å². The Kier molecular flexibility index (Phi) is 5.00. The summed E-state index contributed by atoms with van der Waals surface area (Å²) in [7, 11) is 0. The minimum atomic E-state index is 0.667. The molecule has 23 heavy (non-hydrogen) atoms. The summed E-state index contributed by atoms with van der Waals surface area (Å²) in [5.41, 5.74) is 11.0. The second kappa shape index (κ2) is 7.00. The molecule has 3 aromatic rings. The van der Waals surface area contributed by atoms with E-state index in [1.165, 1.54) is 32.6 Å². The molecule has 0 aliphatic rings. The second-order valence-electron chi connectivity index (χ2n) is 5.70. The Hall–Kier alpha value is -1.42. The third-order valence-electron chi connectivity index (χ3n) is 4.29. The van der Waals surface area contributed by atoms with Gasteiger partial charge in [-0.05, 0) is 67.6 Å². The highest BCUT2D eigenvalue weighted by Crippen LogP contribution is 2.30. The Morgan fingerprint density at radius 2 is 2.00 bits per heavy atom. The van der Waals surface area contributed by atoms with E-state index >= 15 is 0 Å². The van der Waals surface area contributed by atoms with Crippen LogP contribution in [-0.2, 0) is 13.0 Å². The number of halogens is 1. The summed E-state index contributed by atoms with van der Waals surface area (Å²) in [4.78, 5) is 1.29. The summed E-state index contributed by atoms with van der Waals surface area (Å²) in [6, 6.07) is 14.8. The minimum Gasteiger partial charge on any atom is -0.340 e. The molecule has 0 aliphatic heterocycles. The van der Waals surface area contributed by atoms with Gasteiger partial charge in [-0.2, -0.15) is 0 Å². The standard InChI is InChI=1S/C19H21ClN2S/c1-13-17(8-9-21)18-11-16(23-2)6-7-19(18)22(13)12-14-4-3-5-15(20)10-14/h3-7,10-11H,8-9,12,21H2,1-2H3. The molecule has 0 saturated carbocycles. The van der Waals surface area contributed by atoms with Crippen molar-refractivity contribution in [1.82, 2.24) is 4.57 Å². The van der Waals surface area contributed by atoms with E-state index in [4.69, 9.17) is 17.3 Å². The van der Waals surface area contributed by atoms with Crippen LogP contribution < -0.4 is 5.73 Å². The molecular weight excluding hydrogens is 324 g/mol. The molecule has 120 valence electrons. The first kappa shape index (κ1) is 16.4. The molecule has 1 heterocycles. The van der Waals surface area contributed by atoms with E-state index in [1.807, 2.05) is 18.2 Å². The maximum atomic E-state index is 6.14. The SMILES string of the molecule is CSc1ccc2c(c1)c(CCN)c(C)n2Cc1cccc(Cl)c1. The molecule has 0 amide bonds. The molecule has 2 nitrogen and oxygen atoms in total. The van der Waals surface area contributed by atoms with Gasteiger partial charge in [-0.25, -0.2) is 0 Å². The van der Waals surface area contributed by atoms with Crippen LogP contribution >= 0.6 is 23.4 Å². The van der Waals surface area contributed by atoms with E-state index in [2.05, 4.69) is 42.0 Å². The zero-order valence-corrected chi connectivity index (χ0v) is 15.0. The molecule has 0 fully saturated rings. The van der Waals surface area contributed by atoms with Crippen molar-refractivity contribution in [1.29, 1.82) is 0 Å². The fraction of sp³-hybridized carbons (Fsp3) is 0.263. The van der Waals surface area contributed by atoms with Crippen LogP contribution in [0.3, 0.4) is 0 Å². The second-order valence-corrected chi connectivity index (χ2v) is 7.02. The summed E-state index contributed by atoms with van der Waals surface area (Å²) in [6.07, 6.45) is 3.02. The highest BCUT2D eigenvalue weighted by atomic mass is 35.5. The molecule has 1 aromatic heterocycles. The van der Waals surface area contributed by atoms with Gasteiger partial charge in [0.15, 0.2) is 0 Å². The van der Waals surface area contributed by atoms with Crippen molar-refractivity contribution >= 4 is 34.3 Å². The molecule has 0 spiro atoms. The first-order valence-electron chi connectivity index (χ1n) is 7.74. The molecule has 0 aliphatic carbocycles. The zero-order valence-electron chi connectivity index (χ0n) is 13.5. The molecule has 3 rings (SSSR count). The predicted octanol–water partition coefficient (Wildman–Crippen LogP) is 4.87. The topological polar surface area (TPSA) is 30.9 Å². The van der Waals surface area contributed by atoms with Crippen LogP contribution in [0.4, 0.5) is 0 Å². The molecule has 0 unspecified atom stereocenters. The molecule has 0 saturated heterocycles. The Labute approximate surface area is 146 Å². The van der Waals surface area contributed by atoms with Gasteiger partial charge in [0.05, 0.1) is 0 Å². The molecule has 0 bridgehead atoms. The number of hydrogen-bond donors (Lipinski definition) is 1. The van der Waals surface area contributed by atoms with E-state index in [-0.39, 0.29) is 0 Å². The van der Waals surface area contributed by atoms with Crippen molar-refractivity contribution in [3.05, 3.63) is 64.3 Å². The van der Waals surface area contributed by atoms with Crippen LogP contribution in [0, 0.1) is 6.92 Å². The third-order valence-corrected chi connectivity index (χ3v) is 5.25. The number of fused-ring (bicyclic) bond motifs is 1. The Morgan fingerprint density at radius 3 is 2.70 bits per heavy atom. The van der Waals surface area contributed by atoms with Gasteiger partial charge in [-0.15, -0.1) is 11.8 Å². The fourth-order valence-corrected chi connectivity index (χ4v) is 3.79.